The Morgan fingerprint density at radius 1 is 1.48 bits per heavy atom. The molecule has 3 rings (SSSR count). The second-order valence-electron chi connectivity index (χ2n) is 5.29. The summed E-state index contributed by atoms with van der Waals surface area (Å²) in [6, 6.07) is 0.0658. The van der Waals surface area contributed by atoms with Gasteiger partial charge in [-0.2, -0.15) is 0 Å². The largest absolute Gasteiger partial charge is 0.370 e. The molecule has 0 unspecified atom stereocenters. The Balaban J connectivity index is 1.99. The maximum atomic E-state index is 12.1. The number of nitrogens with one attached hydrogen (secondary N) is 1. The average molecular weight is 305 g/mol. The van der Waals surface area contributed by atoms with Gasteiger partial charge in [-0.25, -0.2) is 14.8 Å². The highest BCUT2D eigenvalue weighted by molar-refractivity contribution is 7.19. The first-order valence-corrected chi connectivity index (χ1v) is 7.88. The van der Waals surface area contributed by atoms with Crippen LogP contribution in [0.2, 0.25) is 0 Å². The summed E-state index contributed by atoms with van der Waals surface area (Å²) in [4.78, 5) is 26.6. The van der Waals surface area contributed by atoms with Crippen LogP contribution in [0.4, 0.5) is 10.6 Å². The van der Waals surface area contributed by atoms with E-state index in [2.05, 4.69) is 22.2 Å². The van der Waals surface area contributed by atoms with Gasteiger partial charge >= 0.3 is 6.03 Å². The van der Waals surface area contributed by atoms with E-state index in [1.54, 1.807) is 36.7 Å². The average Bonchev–Trinajstić information content (AvgIpc) is 2.85. The summed E-state index contributed by atoms with van der Waals surface area (Å²) in [6.07, 6.45) is 2.46. The molecule has 0 saturated carbocycles. The highest BCUT2D eigenvalue weighted by Gasteiger charge is 2.26. The number of amides is 2. The summed E-state index contributed by atoms with van der Waals surface area (Å²) in [5, 5.41) is 4.44. The summed E-state index contributed by atoms with van der Waals surface area (Å²) in [5.74, 6) is 0.910. The van der Waals surface area contributed by atoms with E-state index in [1.165, 1.54) is 10.4 Å². The van der Waals surface area contributed by atoms with Gasteiger partial charge in [-0.05, 0) is 18.9 Å². The lowest BCUT2D eigenvalue weighted by Crippen LogP contribution is -2.41. The molecule has 2 aromatic rings. The first kappa shape index (κ1) is 14.1. The quantitative estimate of drug-likeness (QED) is 0.923. The molecule has 1 N–H and O–H groups in total. The van der Waals surface area contributed by atoms with E-state index in [9.17, 15) is 4.79 Å². The van der Waals surface area contributed by atoms with Crippen molar-refractivity contribution in [3.8, 4) is 0 Å². The molecule has 1 aliphatic heterocycles. The number of urea groups is 1. The summed E-state index contributed by atoms with van der Waals surface area (Å²) < 4.78 is 0. The Kier molecular flexibility index (Phi) is 3.67. The lowest BCUT2D eigenvalue weighted by molar-refractivity contribution is 0.166. The Morgan fingerprint density at radius 3 is 3.00 bits per heavy atom. The van der Waals surface area contributed by atoms with Gasteiger partial charge in [-0.1, -0.05) is 0 Å². The topological polar surface area (TPSA) is 61.4 Å². The van der Waals surface area contributed by atoms with Crippen LogP contribution in [0.25, 0.3) is 10.2 Å². The van der Waals surface area contributed by atoms with Crippen LogP contribution >= 0.6 is 11.3 Å². The first-order valence-electron chi connectivity index (χ1n) is 7.07. The minimum Gasteiger partial charge on any atom is -0.370 e. The van der Waals surface area contributed by atoms with Gasteiger partial charge in [0.15, 0.2) is 0 Å². The molecule has 6 nitrogen and oxygen atoms in total. The fraction of sp³-hybridized carbons (Fsp3) is 0.500. The predicted molar refractivity (Wildman–Crippen MR) is 84.8 cm³/mol. The summed E-state index contributed by atoms with van der Waals surface area (Å²) in [6.45, 7) is 4.31. The van der Waals surface area contributed by atoms with E-state index in [1.807, 2.05) is 4.90 Å². The first-order chi connectivity index (χ1) is 10.1. The summed E-state index contributed by atoms with van der Waals surface area (Å²) in [5.41, 5.74) is 1.30. The second kappa shape index (κ2) is 5.48. The summed E-state index contributed by atoms with van der Waals surface area (Å²) >= 11 is 1.67. The van der Waals surface area contributed by atoms with E-state index >= 15 is 0 Å². The molecule has 0 spiro atoms. The lowest BCUT2D eigenvalue weighted by atomic mass is 10.1. The van der Waals surface area contributed by atoms with Crippen molar-refractivity contribution in [2.24, 2.45) is 0 Å². The number of aromatic nitrogens is 2. The number of hydrogen-bond acceptors (Lipinski definition) is 5. The van der Waals surface area contributed by atoms with Crippen molar-refractivity contribution in [3.05, 3.63) is 16.8 Å². The molecule has 21 heavy (non-hydrogen) atoms. The Morgan fingerprint density at radius 2 is 2.29 bits per heavy atom. The number of fused-ring (bicyclic) bond motifs is 3. The van der Waals surface area contributed by atoms with Crippen molar-refractivity contribution in [2.45, 2.75) is 19.9 Å². The molecule has 2 aromatic heterocycles. The van der Waals surface area contributed by atoms with Gasteiger partial charge in [-0.3, -0.25) is 0 Å². The number of carbonyl (C=O) groups excluding carboxylic acids is 1. The van der Waals surface area contributed by atoms with E-state index in [0.29, 0.717) is 6.54 Å². The zero-order valence-electron chi connectivity index (χ0n) is 12.5. The van der Waals surface area contributed by atoms with Crippen molar-refractivity contribution >= 4 is 33.4 Å². The van der Waals surface area contributed by atoms with Gasteiger partial charge in [0, 0.05) is 32.1 Å². The molecule has 3 heterocycles. The number of thiophene rings is 1. The van der Waals surface area contributed by atoms with Crippen LogP contribution < -0.4 is 5.32 Å². The molecule has 0 aromatic carbocycles. The van der Waals surface area contributed by atoms with Crippen molar-refractivity contribution in [2.75, 3.05) is 32.5 Å². The van der Waals surface area contributed by atoms with Crippen LogP contribution in [0.3, 0.4) is 0 Å². The molecule has 0 fully saturated rings. The number of rotatable bonds is 2. The zero-order chi connectivity index (χ0) is 15.0. The van der Waals surface area contributed by atoms with E-state index in [4.69, 9.17) is 0 Å². The van der Waals surface area contributed by atoms with Crippen LogP contribution in [0, 0.1) is 0 Å². The molecular weight excluding hydrogens is 286 g/mol. The van der Waals surface area contributed by atoms with Crippen molar-refractivity contribution in [1.82, 2.24) is 19.8 Å². The number of hydrogen-bond donors (Lipinski definition) is 1. The molecule has 1 aliphatic rings. The van der Waals surface area contributed by atoms with Gasteiger partial charge in [0.25, 0.3) is 0 Å². The van der Waals surface area contributed by atoms with Crippen molar-refractivity contribution < 1.29 is 4.79 Å². The van der Waals surface area contributed by atoms with Gasteiger partial charge in [0.1, 0.15) is 17.0 Å². The van der Waals surface area contributed by atoms with E-state index in [0.717, 1.165) is 35.5 Å². The maximum absolute atomic E-state index is 12.1. The minimum atomic E-state index is 0.0658. The molecule has 0 radical (unpaired) electrons. The zero-order valence-corrected chi connectivity index (χ0v) is 13.3. The van der Waals surface area contributed by atoms with Crippen molar-refractivity contribution in [3.63, 3.8) is 0 Å². The molecule has 0 atom stereocenters. The Hall–Kier alpha value is -1.89. The Bertz CT molecular complexity index is 681. The van der Waals surface area contributed by atoms with Gasteiger partial charge in [-0.15, -0.1) is 11.3 Å². The summed E-state index contributed by atoms with van der Waals surface area (Å²) in [7, 11) is 3.58. The highest BCUT2D eigenvalue weighted by atomic mass is 32.1. The second-order valence-corrected chi connectivity index (χ2v) is 6.37. The molecule has 112 valence electrons. The number of carbonyl (C=O) groups is 1. The third-order valence-corrected chi connectivity index (χ3v) is 4.76. The standard InChI is InChI=1S/C14H19N5OS/c1-4-15-12-11-9-5-6-19(14(20)18(2)3)7-10(9)21-13(11)17-8-16-12/h8H,4-7H2,1-3H3,(H,15,16,17). The minimum absolute atomic E-state index is 0.0658. The van der Waals surface area contributed by atoms with Crippen LogP contribution in [-0.4, -0.2) is 53.0 Å². The van der Waals surface area contributed by atoms with Crippen LogP contribution in [0.15, 0.2) is 6.33 Å². The monoisotopic (exact) mass is 305 g/mol. The molecule has 0 aliphatic carbocycles. The van der Waals surface area contributed by atoms with Crippen LogP contribution in [0.1, 0.15) is 17.4 Å². The fourth-order valence-corrected chi connectivity index (χ4v) is 3.88. The maximum Gasteiger partial charge on any atom is 0.319 e. The molecule has 2 amide bonds. The SMILES string of the molecule is CCNc1ncnc2sc3c(c12)CCN(C(=O)N(C)C)C3. The third-order valence-electron chi connectivity index (χ3n) is 3.63. The van der Waals surface area contributed by atoms with Gasteiger partial charge < -0.3 is 15.1 Å². The molecule has 7 heteroatoms. The molecular formula is C14H19N5OS. The highest BCUT2D eigenvalue weighted by Crippen LogP contribution is 2.37. The van der Waals surface area contributed by atoms with Gasteiger partial charge in [0.05, 0.1) is 11.9 Å². The van der Waals surface area contributed by atoms with E-state index < -0.39 is 0 Å². The molecule has 0 bridgehead atoms. The fourth-order valence-electron chi connectivity index (χ4n) is 2.68. The Labute approximate surface area is 127 Å². The lowest BCUT2D eigenvalue weighted by Gasteiger charge is -2.29. The van der Waals surface area contributed by atoms with Crippen LogP contribution in [-0.2, 0) is 13.0 Å². The van der Waals surface area contributed by atoms with E-state index in [-0.39, 0.29) is 6.03 Å². The predicted octanol–water partition coefficient (Wildman–Crippen LogP) is 2.16. The molecule has 0 saturated heterocycles. The third kappa shape index (κ3) is 2.42. The number of nitrogens with zero attached hydrogens (tertiary/aromatic N) is 4. The van der Waals surface area contributed by atoms with Crippen LogP contribution in [0.5, 0.6) is 0 Å². The van der Waals surface area contributed by atoms with Crippen molar-refractivity contribution in [1.29, 1.82) is 0 Å². The normalized spacial score (nSPS) is 14.1. The number of anilines is 1. The van der Waals surface area contributed by atoms with Gasteiger partial charge in [0.2, 0.25) is 0 Å². The smallest absolute Gasteiger partial charge is 0.319 e.